The van der Waals surface area contributed by atoms with Crippen molar-refractivity contribution in [2.24, 2.45) is 5.92 Å². The maximum Gasteiger partial charge on any atom is 0.265 e. The second-order valence-corrected chi connectivity index (χ2v) is 9.12. The first-order valence-electron chi connectivity index (χ1n) is 9.52. The van der Waals surface area contributed by atoms with Crippen molar-refractivity contribution in [1.82, 2.24) is 0 Å². The average Bonchev–Trinajstić information content (AvgIpc) is 2.80. The number of anilines is 2. The van der Waals surface area contributed by atoms with Crippen molar-refractivity contribution in [3.63, 3.8) is 0 Å². The second kappa shape index (κ2) is 7.26. The lowest BCUT2D eigenvalue weighted by Crippen LogP contribution is -2.49. The molecule has 0 radical (unpaired) electrons. The molecule has 2 aliphatic rings. The van der Waals surface area contributed by atoms with Gasteiger partial charge in [-0.15, -0.1) is 0 Å². The number of aryl methyl sites for hydroxylation is 2. The highest BCUT2D eigenvalue weighted by Gasteiger charge is 2.39. The highest BCUT2D eigenvalue weighted by Crippen LogP contribution is 2.42. The van der Waals surface area contributed by atoms with Gasteiger partial charge in [0.15, 0.2) is 0 Å². The standard InChI is InChI=1S/C21H25NO4S/c23-21-17(14-27(24,25)26)8-5-11-20(21)22-18-9-3-1-6-15(18)12-13-16-7-2-4-10-19(16)22/h1-4,6-7,9-10,17,20-21,23H,5,8,11-14H2,(H,24,25,26). The maximum atomic E-state index is 11.4. The van der Waals surface area contributed by atoms with Crippen LogP contribution in [-0.4, -0.2) is 36.0 Å². The number of aliphatic hydroxyl groups is 1. The minimum Gasteiger partial charge on any atom is -0.391 e. The van der Waals surface area contributed by atoms with Crippen molar-refractivity contribution in [3.8, 4) is 0 Å². The van der Waals surface area contributed by atoms with E-state index in [0.29, 0.717) is 6.42 Å². The van der Waals surface area contributed by atoms with Gasteiger partial charge in [-0.2, -0.15) is 8.42 Å². The molecule has 6 heteroatoms. The van der Waals surface area contributed by atoms with Gasteiger partial charge in [0.05, 0.1) is 17.9 Å². The molecule has 1 heterocycles. The Labute approximate surface area is 160 Å². The maximum absolute atomic E-state index is 11.4. The Kier molecular flexibility index (Phi) is 4.97. The number of para-hydroxylation sites is 2. The van der Waals surface area contributed by atoms with Crippen LogP contribution in [0.5, 0.6) is 0 Å². The molecule has 0 bridgehead atoms. The summed E-state index contributed by atoms with van der Waals surface area (Å²) >= 11 is 0. The predicted octanol–water partition coefficient (Wildman–Crippen LogP) is 3.34. The SMILES string of the molecule is O=S(=O)(O)CC1CCCC(N2c3ccccc3CCc3ccccc32)C1O. The summed E-state index contributed by atoms with van der Waals surface area (Å²) in [7, 11) is -4.12. The number of nitrogens with zero attached hydrogens (tertiary/aromatic N) is 1. The van der Waals surface area contributed by atoms with Gasteiger partial charge in [0.1, 0.15) is 0 Å². The normalized spacial score (nSPS) is 25.4. The molecule has 1 aliphatic carbocycles. The summed E-state index contributed by atoms with van der Waals surface area (Å²) in [6.07, 6.45) is 3.25. The van der Waals surface area contributed by atoms with Crippen LogP contribution in [0, 0.1) is 5.92 Å². The summed E-state index contributed by atoms with van der Waals surface area (Å²) in [5.41, 5.74) is 4.63. The molecule has 2 aromatic rings. The van der Waals surface area contributed by atoms with E-state index in [1.807, 2.05) is 24.3 Å². The van der Waals surface area contributed by atoms with E-state index in [9.17, 15) is 18.1 Å². The third-order valence-corrected chi connectivity index (χ3v) is 6.72. The first-order valence-corrected chi connectivity index (χ1v) is 11.1. The van der Waals surface area contributed by atoms with Crippen LogP contribution in [-0.2, 0) is 23.0 Å². The molecular weight excluding hydrogens is 362 g/mol. The predicted molar refractivity (Wildman–Crippen MR) is 106 cm³/mol. The van der Waals surface area contributed by atoms with E-state index in [-0.39, 0.29) is 11.8 Å². The van der Waals surface area contributed by atoms with Crippen molar-refractivity contribution in [2.75, 3.05) is 10.7 Å². The number of aliphatic hydroxyl groups excluding tert-OH is 1. The smallest absolute Gasteiger partial charge is 0.265 e. The van der Waals surface area contributed by atoms with E-state index in [1.165, 1.54) is 11.1 Å². The van der Waals surface area contributed by atoms with Crippen molar-refractivity contribution < 1.29 is 18.1 Å². The lowest BCUT2D eigenvalue weighted by molar-refractivity contribution is 0.0607. The average molecular weight is 388 g/mol. The molecule has 2 N–H and O–H groups in total. The third-order valence-electron chi connectivity index (χ3n) is 5.87. The van der Waals surface area contributed by atoms with Crippen LogP contribution in [0.2, 0.25) is 0 Å². The Morgan fingerprint density at radius 2 is 1.48 bits per heavy atom. The second-order valence-electron chi connectivity index (χ2n) is 7.62. The van der Waals surface area contributed by atoms with E-state index in [4.69, 9.17) is 0 Å². The van der Waals surface area contributed by atoms with Crippen LogP contribution in [0.1, 0.15) is 30.4 Å². The highest BCUT2D eigenvalue weighted by molar-refractivity contribution is 7.85. The Morgan fingerprint density at radius 3 is 2.04 bits per heavy atom. The summed E-state index contributed by atoms with van der Waals surface area (Å²) in [6.45, 7) is 0. The fourth-order valence-electron chi connectivity index (χ4n) is 4.65. The van der Waals surface area contributed by atoms with E-state index >= 15 is 0 Å². The number of fused-ring (bicyclic) bond motifs is 2. The Bertz CT molecular complexity index is 880. The zero-order valence-electron chi connectivity index (χ0n) is 15.2. The molecule has 5 nitrogen and oxygen atoms in total. The number of rotatable bonds is 3. The van der Waals surface area contributed by atoms with Crippen molar-refractivity contribution >= 4 is 21.5 Å². The monoisotopic (exact) mass is 387 g/mol. The largest absolute Gasteiger partial charge is 0.391 e. The van der Waals surface area contributed by atoms with Gasteiger partial charge in [0.25, 0.3) is 10.1 Å². The first-order chi connectivity index (χ1) is 12.9. The molecule has 0 spiro atoms. The third kappa shape index (κ3) is 3.74. The first kappa shape index (κ1) is 18.5. The van der Waals surface area contributed by atoms with Gasteiger partial charge < -0.3 is 10.0 Å². The summed E-state index contributed by atoms with van der Waals surface area (Å²) in [5.74, 6) is -0.844. The fourth-order valence-corrected chi connectivity index (χ4v) is 5.55. The van der Waals surface area contributed by atoms with Crippen LogP contribution in [0.4, 0.5) is 11.4 Å². The molecule has 27 heavy (non-hydrogen) atoms. The van der Waals surface area contributed by atoms with Crippen molar-refractivity contribution in [1.29, 1.82) is 0 Å². The van der Waals surface area contributed by atoms with Gasteiger partial charge in [0, 0.05) is 17.3 Å². The van der Waals surface area contributed by atoms with E-state index < -0.39 is 22.1 Å². The summed E-state index contributed by atoms with van der Waals surface area (Å²) in [6, 6.07) is 16.3. The molecule has 3 unspecified atom stereocenters. The number of hydrogen-bond acceptors (Lipinski definition) is 4. The van der Waals surface area contributed by atoms with Crippen molar-refractivity contribution in [2.45, 2.75) is 44.2 Å². The van der Waals surface area contributed by atoms with Gasteiger partial charge in [-0.25, -0.2) is 0 Å². The molecule has 144 valence electrons. The van der Waals surface area contributed by atoms with Crippen LogP contribution >= 0.6 is 0 Å². The quantitative estimate of drug-likeness (QED) is 0.790. The van der Waals surface area contributed by atoms with E-state index in [1.54, 1.807) is 0 Å². The minimum atomic E-state index is -4.12. The zero-order valence-corrected chi connectivity index (χ0v) is 16.0. The molecule has 1 saturated carbocycles. The Morgan fingerprint density at radius 1 is 0.926 bits per heavy atom. The van der Waals surface area contributed by atoms with Crippen LogP contribution < -0.4 is 4.90 Å². The van der Waals surface area contributed by atoms with Crippen LogP contribution in [0.3, 0.4) is 0 Å². The molecule has 0 saturated heterocycles. The molecule has 1 fully saturated rings. The molecule has 1 aliphatic heterocycles. The zero-order chi connectivity index (χ0) is 19.0. The summed E-state index contributed by atoms with van der Waals surface area (Å²) < 4.78 is 32.1. The van der Waals surface area contributed by atoms with Gasteiger partial charge in [-0.05, 0) is 48.9 Å². The molecule has 3 atom stereocenters. The van der Waals surface area contributed by atoms with Gasteiger partial charge >= 0.3 is 0 Å². The topological polar surface area (TPSA) is 77.8 Å². The lowest BCUT2D eigenvalue weighted by atomic mass is 9.82. The molecule has 0 aromatic heterocycles. The van der Waals surface area contributed by atoms with Gasteiger partial charge in [0.2, 0.25) is 0 Å². The molecular formula is C21H25NO4S. The molecule has 0 amide bonds. The van der Waals surface area contributed by atoms with Crippen LogP contribution in [0.15, 0.2) is 48.5 Å². The molecule has 4 rings (SSSR count). The number of benzene rings is 2. The summed E-state index contributed by atoms with van der Waals surface area (Å²) in [4.78, 5) is 2.21. The fraction of sp³-hybridized carbons (Fsp3) is 0.429. The van der Waals surface area contributed by atoms with Gasteiger partial charge in [-0.1, -0.05) is 42.8 Å². The summed E-state index contributed by atoms with van der Waals surface area (Å²) in [5, 5.41) is 11.1. The molecule has 2 aromatic carbocycles. The minimum absolute atomic E-state index is 0.217. The van der Waals surface area contributed by atoms with E-state index in [0.717, 1.165) is 37.1 Å². The van der Waals surface area contributed by atoms with Gasteiger partial charge in [-0.3, -0.25) is 4.55 Å². The lowest BCUT2D eigenvalue weighted by Gasteiger charge is -2.43. The number of hydrogen-bond donors (Lipinski definition) is 2. The van der Waals surface area contributed by atoms with Crippen molar-refractivity contribution in [3.05, 3.63) is 59.7 Å². The van der Waals surface area contributed by atoms with Crippen LogP contribution in [0.25, 0.3) is 0 Å². The highest BCUT2D eigenvalue weighted by atomic mass is 32.2. The van der Waals surface area contributed by atoms with E-state index in [2.05, 4.69) is 29.2 Å². The Balaban J connectivity index is 1.78. The Hall–Kier alpha value is -1.89.